The van der Waals surface area contributed by atoms with Crippen molar-refractivity contribution in [1.82, 2.24) is 0 Å². The molecule has 3 aliphatic heterocycles. The monoisotopic (exact) mass is 624 g/mol. The van der Waals surface area contributed by atoms with E-state index in [1.807, 2.05) is 0 Å². The molecule has 0 saturated heterocycles. The van der Waals surface area contributed by atoms with E-state index < -0.39 is 28.9 Å². The number of hydrogen-bond donors (Lipinski definition) is 0. The van der Waals surface area contributed by atoms with Gasteiger partial charge >= 0.3 is 37.9 Å². The Balaban J connectivity index is 0.000000690. The molecule has 2 saturated carbocycles. The van der Waals surface area contributed by atoms with Gasteiger partial charge in [0.25, 0.3) is 0 Å². The quantitative estimate of drug-likeness (QED) is 0.221. The van der Waals surface area contributed by atoms with Gasteiger partial charge in [0.1, 0.15) is 0 Å². The minimum absolute atomic E-state index is 0. The van der Waals surface area contributed by atoms with Crippen molar-refractivity contribution in [3.8, 4) is 0 Å². The average Bonchev–Trinajstić information content (AvgIpc) is 3.38. The molecule has 0 aromatic heterocycles. The van der Waals surface area contributed by atoms with Gasteiger partial charge in [0.2, 0.25) is 0 Å². The summed E-state index contributed by atoms with van der Waals surface area (Å²) in [6.07, 6.45) is 6.74. The molecule has 2 aliphatic carbocycles. The summed E-state index contributed by atoms with van der Waals surface area (Å²) >= 11 is 5.95. The fourth-order valence-corrected chi connectivity index (χ4v) is 21.1. The van der Waals surface area contributed by atoms with Crippen LogP contribution in [0.15, 0.2) is 32.4 Å². The van der Waals surface area contributed by atoms with Crippen molar-refractivity contribution in [2.45, 2.75) is 81.0 Å². The SMILES string of the molecule is CC1=CC2C3C=C(C)SC3C([Si](C)(C)C3C(C)CC4C(C)=C(C)SC43)C2S1.[CH3-].[CH3-].[Cl][Zr+2][Cl]. The Labute approximate surface area is 231 Å². The first-order valence-corrected chi connectivity index (χ1v) is 23.2. The molecule has 5 aliphatic rings. The Bertz CT molecular complexity index is 764. The average molecular weight is 627 g/mol. The minimum atomic E-state index is -1.43. The van der Waals surface area contributed by atoms with Crippen LogP contribution in [-0.4, -0.2) is 23.8 Å². The van der Waals surface area contributed by atoms with Gasteiger partial charge in [0.05, 0.1) is 8.07 Å². The Kier molecular flexibility index (Phi) is 10.9. The zero-order valence-corrected chi connectivity index (χ0v) is 28.5. The predicted molar refractivity (Wildman–Crippen MR) is 154 cm³/mol. The van der Waals surface area contributed by atoms with Crippen LogP contribution in [-0.2, 0) is 20.8 Å². The van der Waals surface area contributed by atoms with E-state index in [1.54, 1.807) is 20.3 Å². The van der Waals surface area contributed by atoms with Crippen LogP contribution in [0.2, 0.25) is 24.2 Å². The third-order valence-electron chi connectivity index (χ3n) is 8.54. The van der Waals surface area contributed by atoms with Crippen molar-refractivity contribution in [3.63, 3.8) is 0 Å². The van der Waals surface area contributed by atoms with Crippen molar-refractivity contribution < 1.29 is 20.8 Å². The molecule has 0 nitrogen and oxygen atoms in total. The molecule has 0 amide bonds. The van der Waals surface area contributed by atoms with Crippen LogP contribution in [0.5, 0.6) is 0 Å². The van der Waals surface area contributed by atoms with Gasteiger partial charge < -0.3 is 14.9 Å². The molecule has 5 rings (SSSR count). The maximum atomic E-state index is 4.93. The van der Waals surface area contributed by atoms with Gasteiger partial charge in [-0.25, -0.2) is 0 Å². The van der Waals surface area contributed by atoms with Crippen LogP contribution in [0.4, 0.5) is 0 Å². The molecule has 0 aromatic rings. The van der Waals surface area contributed by atoms with E-state index in [2.05, 4.69) is 95.2 Å². The number of fused-ring (bicyclic) bond motifs is 4. The zero-order chi connectivity index (χ0) is 22.0. The van der Waals surface area contributed by atoms with E-state index in [1.165, 1.54) is 6.42 Å². The molecule has 0 spiro atoms. The summed E-state index contributed by atoms with van der Waals surface area (Å²) in [4.78, 5) is 4.85. The van der Waals surface area contributed by atoms with E-state index in [9.17, 15) is 0 Å². The summed E-state index contributed by atoms with van der Waals surface area (Å²) in [5, 5.41) is 2.62. The van der Waals surface area contributed by atoms with Gasteiger partial charge in [-0.2, -0.15) is 0 Å². The summed E-state index contributed by atoms with van der Waals surface area (Å²) in [6.45, 7) is 17.7. The van der Waals surface area contributed by atoms with E-state index in [0.29, 0.717) is 0 Å². The van der Waals surface area contributed by atoms with Crippen molar-refractivity contribution >= 4 is 60.4 Å². The van der Waals surface area contributed by atoms with Crippen LogP contribution >= 0.6 is 52.3 Å². The van der Waals surface area contributed by atoms with Crippen molar-refractivity contribution in [3.05, 3.63) is 47.3 Å². The van der Waals surface area contributed by atoms with Gasteiger partial charge in [-0.3, -0.25) is 0 Å². The Morgan fingerprint density at radius 1 is 0.844 bits per heavy atom. The number of rotatable bonds is 2. The van der Waals surface area contributed by atoms with Crippen LogP contribution in [0.3, 0.4) is 0 Å². The van der Waals surface area contributed by atoms with Crippen LogP contribution in [0.25, 0.3) is 0 Å². The van der Waals surface area contributed by atoms with Crippen molar-refractivity contribution in [1.29, 1.82) is 0 Å². The van der Waals surface area contributed by atoms with Gasteiger partial charge in [-0.1, -0.05) is 37.7 Å². The van der Waals surface area contributed by atoms with Gasteiger partial charge in [-0.05, 0) is 83.6 Å². The first-order valence-electron chi connectivity index (χ1n) is 11.1. The van der Waals surface area contributed by atoms with Gasteiger partial charge in [0.15, 0.2) is 0 Å². The topological polar surface area (TPSA) is 0 Å². The summed E-state index contributed by atoms with van der Waals surface area (Å²) in [6, 6.07) is 0. The number of hydrogen-bond acceptors (Lipinski definition) is 3. The normalized spacial score (nSPS) is 41.3. The van der Waals surface area contributed by atoms with Crippen molar-refractivity contribution in [2.24, 2.45) is 23.7 Å². The standard InChI is InChI=1S/C23H34S3Si.2CH3.2ClH.Zr/c1-11-8-16-14(4)15(5)26-19(16)22(11)27(6,7)23-20-17(9-12(2)24-20)18-10-13(3)25-21(18)23;;;;;/h9-11,16-23H,8H2,1-7H3;2*1H3;2*1H;/q;2*-1;;;+4/p-2. The van der Waals surface area contributed by atoms with E-state index in [-0.39, 0.29) is 14.9 Å². The molecule has 8 atom stereocenters. The van der Waals surface area contributed by atoms with E-state index >= 15 is 0 Å². The third-order valence-corrected chi connectivity index (χ3v) is 18.7. The molecule has 0 aromatic carbocycles. The summed E-state index contributed by atoms with van der Waals surface area (Å²) < 4.78 is 0. The van der Waals surface area contributed by atoms with E-state index in [4.69, 9.17) is 17.0 Å². The van der Waals surface area contributed by atoms with Gasteiger partial charge in [0, 0.05) is 15.7 Å². The van der Waals surface area contributed by atoms with E-state index in [0.717, 1.165) is 50.5 Å². The van der Waals surface area contributed by atoms with Crippen LogP contribution < -0.4 is 0 Å². The maximum absolute atomic E-state index is 4.93. The number of halogens is 2. The summed E-state index contributed by atoms with van der Waals surface area (Å²) in [7, 11) is 8.44. The molecule has 2 fully saturated rings. The second-order valence-electron chi connectivity index (χ2n) is 10.5. The first-order chi connectivity index (χ1) is 14.1. The molecule has 180 valence electrons. The molecular formula is C25H40Cl2S3SiZr. The molecule has 0 bridgehead atoms. The Morgan fingerprint density at radius 2 is 1.31 bits per heavy atom. The molecule has 7 heteroatoms. The Morgan fingerprint density at radius 3 is 1.78 bits per heavy atom. The molecular weight excluding hydrogens is 587 g/mol. The fraction of sp³-hybridized carbons (Fsp3) is 0.680. The number of allylic oxidation sites excluding steroid dienone is 6. The zero-order valence-electron chi connectivity index (χ0n) is 21.0. The molecule has 0 N–H and O–H groups in total. The van der Waals surface area contributed by atoms with Crippen LogP contribution in [0, 0.1) is 38.5 Å². The second-order valence-corrected chi connectivity index (χ2v) is 23.4. The third kappa shape index (κ3) is 5.04. The summed E-state index contributed by atoms with van der Waals surface area (Å²) in [5.41, 5.74) is 3.66. The first kappa shape index (κ1) is 30.2. The molecule has 0 radical (unpaired) electrons. The predicted octanol–water partition coefficient (Wildman–Crippen LogP) is 10.1. The second kappa shape index (κ2) is 11.6. The molecule has 32 heavy (non-hydrogen) atoms. The van der Waals surface area contributed by atoms with Gasteiger partial charge in [-0.15, -0.1) is 35.3 Å². The Hall–Kier alpha value is 1.95. The number of thioether (sulfide) groups is 3. The van der Waals surface area contributed by atoms with Crippen LogP contribution in [0.1, 0.15) is 41.0 Å². The molecule has 3 heterocycles. The summed E-state index contributed by atoms with van der Waals surface area (Å²) in [5.74, 6) is 3.41. The van der Waals surface area contributed by atoms with Crippen molar-refractivity contribution in [2.75, 3.05) is 0 Å². The fourth-order valence-electron chi connectivity index (χ4n) is 7.49. The molecule has 8 unspecified atom stereocenters.